The van der Waals surface area contributed by atoms with Crippen LogP contribution < -0.4 is 0 Å². The lowest BCUT2D eigenvalue weighted by atomic mass is 9.83. The molecule has 25 heavy (non-hydrogen) atoms. The summed E-state index contributed by atoms with van der Waals surface area (Å²) >= 11 is 0. The molecule has 0 aliphatic carbocycles. The Kier molecular flexibility index (Phi) is 5.45. The fourth-order valence-electron chi connectivity index (χ4n) is 4.03. The highest BCUT2D eigenvalue weighted by Gasteiger charge is 2.40. The van der Waals surface area contributed by atoms with Crippen LogP contribution in [0.2, 0.25) is 0 Å². The van der Waals surface area contributed by atoms with Crippen LogP contribution in [0.1, 0.15) is 51.0 Å². The van der Waals surface area contributed by atoms with Crippen molar-refractivity contribution in [3.63, 3.8) is 0 Å². The maximum atomic E-state index is 12.6. The van der Waals surface area contributed by atoms with Gasteiger partial charge in [0, 0.05) is 38.2 Å². The van der Waals surface area contributed by atoms with Gasteiger partial charge in [0.15, 0.2) is 0 Å². The van der Waals surface area contributed by atoms with Crippen molar-refractivity contribution in [2.45, 2.75) is 58.9 Å². The molecule has 2 amide bonds. The predicted molar refractivity (Wildman–Crippen MR) is 93.8 cm³/mol. The normalized spacial score (nSPS) is 23.9. The quantitative estimate of drug-likeness (QED) is 0.820. The van der Waals surface area contributed by atoms with Gasteiger partial charge in [-0.2, -0.15) is 0 Å². The number of carbonyl (C=O) groups is 2. The van der Waals surface area contributed by atoms with E-state index >= 15 is 0 Å². The largest absolute Gasteiger partial charge is 0.361 e. The van der Waals surface area contributed by atoms with Crippen LogP contribution in [0, 0.1) is 18.8 Å². The molecule has 0 unspecified atom stereocenters. The van der Waals surface area contributed by atoms with Crippen LogP contribution in [0.15, 0.2) is 10.6 Å². The number of likely N-dealkylation sites (tertiary alicyclic amines) is 2. The van der Waals surface area contributed by atoms with Crippen molar-refractivity contribution in [2.75, 3.05) is 19.6 Å². The van der Waals surface area contributed by atoms with Crippen LogP contribution in [-0.2, 0) is 16.0 Å². The second-order valence-corrected chi connectivity index (χ2v) is 7.88. The van der Waals surface area contributed by atoms with E-state index in [2.05, 4.69) is 23.9 Å². The monoisotopic (exact) mass is 347 g/mol. The fraction of sp³-hybridized carbons (Fsp3) is 0.737. The van der Waals surface area contributed by atoms with E-state index in [0.29, 0.717) is 36.0 Å². The minimum Gasteiger partial charge on any atom is -0.361 e. The number of nitrogens with zero attached hydrogens (tertiary/aromatic N) is 3. The molecule has 2 aliphatic rings. The molecule has 6 heteroatoms. The van der Waals surface area contributed by atoms with E-state index in [1.54, 1.807) is 0 Å². The van der Waals surface area contributed by atoms with Crippen molar-refractivity contribution < 1.29 is 14.1 Å². The van der Waals surface area contributed by atoms with Gasteiger partial charge in [-0.15, -0.1) is 0 Å². The molecule has 0 saturated carbocycles. The Balaban J connectivity index is 1.59. The topological polar surface area (TPSA) is 66.7 Å². The van der Waals surface area contributed by atoms with Gasteiger partial charge < -0.3 is 14.3 Å². The molecule has 2 aliphatic heterocycles. The molecular formula is C19H29N3O3. The van der Waals surface area contributed by atoms with E-state index in [0.717, 1.165) is 44.6 Å². The van der Waals surface area contributed by atoms with Gasteiger partial charge in [0.25, 0.3) is 0 Å². The summed E-state index contributed by atoms with van der Waals surface area (Å²) in [7, 11) is 0. The zero-order valence-electron chi connectivity index (χ0n) is 15.5. The van der Waals surface area contributed by atoms with Crippen molar-refractivity contribution >= 4 is 11.8 Å². The van der Waals surface area contributed by atoms with E-state index in [1.165, 1.54) is 0 Å². The summed E-state index contributed by atoms with van der Waals surface area (Å²) in [4.78, 5) is 28.9. The molecule has 0 radical (unpaired) electrons. The third-order valence-electron chi connectivity index (χ3n) is 5.45. The van der Waals surface area contributed by atoms with Crippen LogP contribution in [0.4, 0.5) is 0 Å². The van der Waals surface area contributed by atoms with Crippen molar-refractivity contribution in [2.24, 2.45) is 11.8 Å². The Morgan fingerprint density at radius 2 is 2.20 bits per heavy atom. The number of aryl methyl sites for hydroxylation is 1. The van der Waals surface area contributed by atoms with E-state index in [1.807, 2.05) is 17.9 Å². The Bertz CT molecular complexity index is 625. The van der Waals surface area contributed by atoms with Gasteiger partial charge in [-0.05, 0) is 38.0 Å². The molecule has 3 rings (SSSR count). The number of hydrogen-bond acceptors (Lipinski definition) is 4. The van der Waals surface area contributed by atoms with Gasteiger partial charge in [-0.1, -0.05) is 19.0 Å². The van der Waals surface area contributed by atoms with E-state index < -0.39 is 0 Å². The number of carbonyl (C=O) groups excluding carboxylic acids is 2. The van der Waals surface area contributed by atoms with Gasteiger partial charge in [0.1, 0.15) is 5.76 Å². The Morgan fingerprint density at radius 1 is 1.40 bits per heavy atom. The molecule has 2 atom stereocenters. The smallest absolute Gasteiger partial charge is 0.230 e. The van der Waals surface area contributed by atoms with Crippen molar-refractivity contribution in [1.29, 1.82) is 0 Å². The van der Waals surface area contributed by atoms with E-state index in [4.69, 9.17) is 4.52 Å². The van der Waals surface area contributed by atoms with Crippen molar-refractivity contribution in [3.05, 3.63) is 17.5 Å². The number of rotatable bonds is 5. The van der Waals surface area contributed by atoms with Crippen LogP contribution in [0.5, 0.6) is 0 Å². The lowest BCUT2D eigenvalue weighted by Crippen LogP contribution is -2.57. The summed E-state index contributed by atoms with van der Waals surface area (Å²) in [6.45, 7) is 8.56. The molecule has 0 N–H and O–H groups in total. The first-order valence-corrected chi connectivity index (χ1v) is 9.43. The highest BCUT2D eigenvalue weighted by molar-refractivity contribution is 5.79. The Morgan fingerprint density at radius 3 is 2.88 bits per heavy atom. The molecule has 1 aromatic rings. The summed E-state index contributed by atoms with van der Waals surface area (Å²) in [6, 6.07) is 2.12. The van der Waals surface area contributed by atoms with Crippen LogP contribution in [0.3, 0.4) is 0 Å². The highest BCUT2D eigenvalue weighted by Crippen LogP contribution is 2.32. The van der Waals surface area contributed by atoms with E-state index in [-0.39, 0.29) is 12.3 Å². The van der Waals surface area contributed by atoms with Crippen LogP contribution >= 0.6 is 0 Å². The lowest BCUT2D eigenvalue weighted by molar-refractivity contribution is -0.144. The van der Waals surface area contributed by atoms with Gasteiger partial charge in [0.2, 0.25) is 11.8 Å². The number of amides is 2. The summed E-state index contributed by atoms with van der Waals surface area (Å²) in [6.07, 6.45) is 3.71. The number of aromatic nitrogens is 1. The third kappa shape index (κ3) is 4.22. The first kappa shape index (κ1) is 18.0. The number of fused-ring (bicyclic) bond motifs is 1. The molecule has 0 bridgehead atoms. The molecule has 2 saturated heterocycles. The second-order valence-electron chi connectivity index (χ2n) is 7.88. The molecule has 138 valence electrons. The number of hydrogen-bond donors (Lipinski definition) is 0. The summed E-state index contributed by atoms with van der Waals surface area (Å²) < 4.78 is 5.17. The van der Waals surface area contributed by atoms with Crippen molar-refractivity contribution in [1.82, 2.24) is 15.0 Å². The van der Waals surface area contributed by atoms with Crippen LogP contribution in [-0.4, -0.2) is 52.4 Å². The maximum absolute atomic E-state index is 12.6. The highest BCUT2D eigenvalue weighted by atomic mass is 16.5. The van der Waals surface area contributed by atoms with Gasteiger partial charge in [-0.3, -0.25) is 9.59 Å². The van der Waals surface area contributed by atoms with Crippen LogP contribution in [0.25, 0.3) is 0 Å². The summed E-state index contributed by atoms with van der Waals surface area (Å²) in [5.41, 5.74) is 0.799. The molecule has 3 heterocycles. The molecule has 2 fully saturated rings. The molecule has 1 aromatic heterocycles. The summed E-state index contributed by atoms with van der Waals surface area (Å²) in [5, 5.41) is 3.84. The third-order valence-corrected chi connectivity index (χ3v) is 5.45. The average molecular weight is 347 g/mol. The minimum atomic E-state index is 0.0974. The molecule has 0 spiro atoms. The first-order valence-electron chi connectivity index (χ1n) is 9.43. The van der Waals surface area contributed by atoms with Gasteiger partial charge in [-0.25, -0.2) is 0 Å². The minimum absolute atomic E-state index is 0.0974. The van der Waals surface area contributed by atoms with Gasteiger partial charge >= 0.3 is 0 Å². The fourth-order valence-corrected chi connectivity index (χ4v) is 4.03. The Hall–Kier alpha value is -1.85. The number of piperidine rings is 2. The lowest BCUT2D eigenvalue weighted by Gasteiger charge is -2.47. The Labute approximate surface area is 149 Å². The summed E-state index contributed by atoms with van der Waals surface area (Å²) in [5.74, 6) is 2.01. The zero-order chi connectivity index (χ0) is 18.0. The predicted octanol–water partition coefficient (Wildman–Crippen LogP) is 2.41. The second kappa shape index (κ2) is 7.58. The maximum Gasteiger partial charge on any atom is 0.230 e. The SMILES string of the molecule is Cc1cc(CC(=O)N2CC[C@@H]3[C@@H](CCC(=O)N3CCC(C)C)C2)on1. The molecule has 0 aromatic carbocycles. The van der Waals surface area contributed by atoms with Gasteiger partial charge in [0.05, 0.1) is 12.1 Å². The molecular weight excluding hydrogens is 318 g/mol. The standard InChI is InChI=1S/C19H29N3O3/c1-13(2)6-9-22-17-7-8-21(12-15(17)4-5-18(22)23)19(24)11-16-10-14(3)20-25-16/h10,13,15,17H,4-9,11-12H2,1-3H3/t15-,17+/m0/s1. The van der Waals surface area contributed by atoms with Crippen molar-refractivity contribution in [3.8, 4) is 0 Å². The zero-order valence-corrected chi connectivity index (χ0v) is 15.5. The molecule has 6 nitrogen and oxygen atoms in total. The van der Waals surface area contributed by atoms with E-state index in [9.17, 15) is 9.59 Å². The average Bonchev–Trinajstić information content (AvgIpc) is 2.98. The first-order chi connectivity index (χ1) is 11.9.